The van der Waals surface area contributed by atoms with Crippen molar-refractivity contribution in [2.75, 3.05) is 0 Å². The summed E-state index contributed by atoms with van der Waals surface area (Å²) < 4.78 is 13.7. The minimum atomic E-state index is -0.678. The topological polar surface area (TPSA) is 44.0 Å². The lowest BCUT2D eigenvalue weighted by Gasteiger charge is -2.45. The lowest BCUT2D eigenvalue weighted by molar-refractivity contribution is -0.0294. The first-order chi connectivity index (χ1) is 9.36. The van der Waals surface area contributed by atoms with Gasteiger partial charge in [0.2, 0.25) is 0 Å². The van der Waals surface area contributed by atoms with Crippen molar-refractivity contribution in [3.05, 3.63) is 35.1 Å². The van der Waals surface area contributed by atoms with Crippen molar-refractivity contribution >= 4 is 0 Å². The number of aliphatic hydroxyl groups is 1. The first kappa shape index (κ1) is 15.0. The molecule has 0 amide bonds. The van der Waals surface area contributed by atoms with Crippen molar-refractivity contribution in [3.63, 3.8) is 0 Å². The molecular formula is C17H22FNO. The van der Waals surface area contributed by atoms with Crippen LogP contribution in [0.15, 0.2) is 18.2 Å². The van der Waals surface area contributed by atoms with Gasteiger partial charge in [0.1, 0.15) is 11.9 Å². The summed E-state index contributed by atoms with van der Waals surface area (Å²) in [7, 11) is 0. The maximum absolute atomic E-state index is 13.7. The van der Waals surface area contributed by atoms with E-state index in [1.165, 1.54) is 18.6 Å². The molecule has 108 valence electrons. The van der Waals surface area contributed by atoms with E-state index in [2.05, 4.69) is 20.8 Å². The number of nitrogens with zero attached hydrogens (tertiary/aromatic N) is 1. The summed E-state index contributed by atoms with van der Waals surface area (Å²) in [4.78, 5) is 0. The third-order valence-electron chi connectivity index (χ3n) is 4.79. The molecule has 0 bridgehead atoms. The smallest absolute Gasteiger partial charge is 0.141 e. The summed E-state index contributed by atoms with van der Waals surface area (Å²) in [5.41, 5.74) is 0.645. The molecule has 0 saturated heterocycles. The number of nitriles is 1. The van der Waals surface area contributed by atoms with Crippen LogP contribution >= 0.6 is 0 Å². The zero-order valence-electron chi connectivity index (χ0n) is 12.4. The molecule has 20 heavy (non-hydrogen) atoms. The van der Waals surface area contributed by atoms with Crippen molar-refractivity contribution in [1.82, 2.24) is 0 Å². The number of hydrogen-bond donors (Lipinski definition) is 1. The summed E-state index contributed by atoms with van der Waals surface area (Å²) >= 11 is 0. The van der Waals surface area contributed by atoms with Crippen molar-refractivity contribution < 1.29 is 9.50 Å². The Kier molecular flexibility index (Phi) is 4.15. The first-order valence-electron chi connectivity index (χ1n) is 7.24. The van der Waals surface area contributed by atoms with Gasteiger partial charge < -0.3 is 5.11 Å². The van der Waals surface area contributed by atoms with Crippen LogP contribution in [0.3, 0.4) is 0 Å². The Labute approximate surface area is 120 Å². The molecule has 0 unspecified atom stereocenters. The van der Waals surface area contributed by atoms with E-state index in [0.717, 1.165) is 12.8 Å². The van der Waals surface area contributed by atoms with Gasteiger partial charge in [0, 0.05) is 0 Å². The summed E-state index contributed by atoms with van der Waals surface area (Å²) in [6.45, 7) is 6.52. The molecule has 1 N–H and O–H groups in total. The Morgan fingerprint density at radius 3 is 2.70 bits per heavy atom. The summed E-state index contributed by atoms with van der Waals surface area (Å²) in [6.07, 6.45) is 2.68. The minimum absolute atomic E-state index is 0.0249. The second-order valence-corrected chi connectivity index (χ2v) is 6.68. The molecule has 2 rings (SSSR count). The maximum atomic E-state index is 13.7. The Balaban J connectivity index is 2.32. The van der Waals surface area contributed by atoms with E-state index in [1.807, 2.05) is 6.07 Å². The van der Waals surface area contributed by atoms with Crippen LogP contribution in [-0.2, 0) is 0 Å². The van der Waals surface area contributed by atoms with E-state index in [-0.39, 0.29) is 16.9 Å². The molecule has 1 aliphatic carbocycles. The van der Waals surface area contributed by atoms with Crippen molar-refractivity contribution in [3.8, 4) is 6.07 Å². The minimum Gasteiger partial charge on any atom is -0.388 e. The van der Waals surface area contributed by atoms with Gasteiger partial charge in [0.15, 0.2) is 0 Å². The molecule has 2 nitrogen and oxygen atoms in total. The molecule has 3 heteroatoms. The normalized spacial score (nSPS) is 26.8. The lowest BCUT2D eigenvalue weighted by atomic mass is 9.61. The van der Waals surface area contributed by atoms with Crippen LogP contribution in [0.1, 0.15) is 57.3 Å². The van der Waals surface area contributed by atoms with Gasteiger partial charge in [-0.1, -0.05) is 39.7 Å². The monoisotopic (exact) mass is 275 g/mol. The molecule has 1 fully saturated rings. The van der Waals surface area contributed by atoms with E-state index < -0.39 is 11.9 Å². The number of benzene rings is 1. The van der Waals surface area contributed by atoms with Gasteiger partial charge in [0.25, 0.3) is 0 Å². The molecule has 0 heterocycles. The summed E-state index contributed by atoms with van der Waals surface area (Å²) in [5.74, 6) is -0.0265. The standard InChI is InChI=1S/C17H22FNO/c1-11-5-4-8-17(2,3)15(11)16(20)12-6-7-13(10-19)14(18)9-12/h6-7,9,11,15-16,20H,4-5,8H2,1-3H3/t11-,15-,16+/m0/s1. The van der Waals surface area contributed by atoms with E-state index in [4.69, 9.17) is 5.26 Å². The zero-order valence-corrected chi connectivity index (χ0v) is 12.4. The second kappa shape index (κ2) is 5.54. The van der Waals surface area contributed by atoms with E-state index in [0.29, 0.717) is 11.5 Å². The quantitative estimate of drug-likeness (QED) is 0.879. The maximum Gasteiger partial charge on any atom is 0.141 e. The molecule has 1 aromatic carbocycles. The average molecular weight is 275 g/mol. The van der Waals surface area contributed by atoms with E-state index >= 15 is 0 Å². The molecular weight excluding hydrogens is 253 g/mol. The van der Waals surface area contributed by atoms with Crippen LogP contribution in [0.4, 0.5) is 4.39 Å². The van der Waals surface area contributed by atoms with Gasteiger partial charge in [-0.2, -0.15) is 5.26 Å². The highest BCUT2D eigenvalue weighted by molar-refractivity contribution is 5.34. The van der Waals surface area contributed by atoms with E-state index in [1.54, 1.807) is 6.07 Å². The zero-order chi connectivity index (χ0) is 14.9. The highest BCUT2D eigenvalue weighted by Crippen LogP contribution is 2.49. The van der Waals surface area contributed by atoms with Gasteiger partial charge in [-0.15, -0.1) is 0 Å². The van der Waals surface area contributed by atoms with Crippen LogP contribution in [0.25, 0.3) is 0 Å². The van der Waals surface area contributed by atoms with Crippen LogP contribution in [0.2, 0.25) is 0 Å². The molecule has 0 radical (unpaired) electrons. The fourth-order valence-electron chi connectivity index (χ4n) is 3.75. The number of aliphatic hydroxyl groups excluding tert-OH is 1. The van der Waals surface area contributed by atoms with Crippen molar-refractivity contribution in [2.24, 2.45) is 17.3 Å². The van der Waals surface area contributed by atoms with Gasteiger partial charge in [-0.3, -0.25) is 0 Å². The van der Waals surface area contributed by atoms with Crippen molar-refractivity contribution in [1.29, 1.82) is 5.26 Å². The van der Waals surface area contributed by atoms with Gasteiger partial charge in [0.05, 0.1) is 11.7 Å². The molecule has 1 aliphatic rings. The van der Waals surface area contributed by atoms with Gasteiger partial charge in [-0.05, 0) is 41.4 Å². The third kappa shape index (κ3) is 2.71. The summed E-state index contributed by atoms with van der Waals surface area (Å²) in [6, 6.07) is 6.24. The van der Waals surface area contributed by atoms with Crippen LogP contribution < -0.4 is 0 Å². The lowest BCUT2D eigenvalue weighted by Crippen LogP contribution is -2.37. The molecule has 3 atom stereocenters. The SMILES string of the molecule is C[C@H]1CCCC(C)(C)[C@@H]1[C@H](O)c1ccc(C#N)c(F)c1. The van der Waals surface area contributed by atoms with Crippen LogP contribution in [-0.4, -0.2) is 5.11 Å². The van der Waals surface area contributed by atoms with Gasteiger partial charge in [-0.25, -0.2) is 4.39 Å². The fourth-order valence-corrected chi connectivity index (χ4v) is 3.75. The molecule has 1 saturated carbocycles. The Hall–Kier alpha value is -1.40. The molecule has 0 aromatic heterocycles. The fraction of sp³-hybridized carbons (Fsp3) is 0.588. The largest absolute Gasteiger partial charge is 0.388 e. The molecule has 0 spiro atoms. The van der Waals surface area contributed by atoms with Crippen molar-refractivity contribution in [2.45, 2.75) is 46.1 Å². The van der Waals surface area contributed by atoms with Crippen LogP contribution in [0, 0.1) is 34.4 Å². The van der Waals surface area contributed by atoms with Crippen LogP contribution in [0.5, 0.6) is 0 Å². The van der Waals surface area contributed by atoms with Gasteiger partial charge >= 0.3 is 0 Å². The Bertz CT molecular complexity index is 532. The Morgan fingerprint density at radius 1 is 1.45 bits per heavy atom. The predicted octanol–water partition coefficient (Wildman–Crippen LogP) is 4.19. The molecule has 1 aromatic rings. The highest BCUT2D eigenvalue weighted by Gasteiger charge is 2.41. The highest BCUT2D eigenvalue weighted by atomic mass is 19.1. The molecule has 0 aliphatic heterocycles. The Morgan fingerprint density at radius 2 is 2.15 bits per heavy atom. The summed E-state index contributed by atoms with van der Waals surface area (Å²) in [5, 5.41) is 19.5. The van der Waals surface area contributed by atoms with E-state index in [9.17, 15) is 9.50 Å². The number of halogens is 1. The average Bonchev–Trinajstić information content (AvgIpc) is 2.37. The first-order valence-corrected chi connectivity index (χ1v) is 7.24. The predicted molar refractivity (Wildman–Crippen MR) is 76.4 cm³/mol. The number of rotatable bonds is 2. The number of hydrogen-bond acceptors (Lipinski definition) is 2. The third-order valence-corrected chi connectivity index (χ3v) is 4.79. The second-order valence-electron chi connectivity index (χ2n) is 6.68.